The van der Waals surface area contributed by atoms with E-state index in [1.165, 1.54) is 4.90 Å². The fourth-order valence-electron chi connectivity index (χ4n) is 3.10. The van der Waals surface area contributed by atoms with Crippen LogP contribution in [-0.2, 0) is 0 Å². The summed E-state index contributed by atoms with van der Waals surface area (Å²) in [5.74, 6) is 1.17. The van der Waals surface area contributed by atoms with Crippen molar-refractivity contribution in [3.8, 4) is 0 Å². The first-order valence-electron chi connectivity index (χ1n) is 7.38. The van der Waals surface area contributed by atoms with E-state index in [9.17, 15) is 13.2 Å². The molecular weight excluding hydrogens is 269 g/mol. The predicted octanol–water partition coefficient (Wildman–Crippen LogP) is 2.24. The van der Waals surface area contributed by atoms with Crippen LogP contribution in [0.5, 0.6) is 0 Å². The Kier molecular flexibility index (Phi) is 6.75. The van der Waals surface area contributed by atoms with E-state index in [0.29, 0.717) is 18.4 Å². The Morgan fingerprint density at radius 1 is 1.30 bits per heavy atom. The van der Waals surface area contributed by atoms with Crippen molar-refractivity contribution in [3.63, 3.8) is 0 Å². The maximum atomic E-state index is 12.5. The Morgan fingerprint density at radius 2 is 1.95 bits per heavy atom. The van der Waals surface area contributed by atoms with Gasteiger partial charge in [-0.05, 0) is 37.0 Å². The number of alkyl halides is 3. The van der Waals surface area contributed by atoms with E-state index in [4.69, 9.17) is 10.8 Å². The first-order valence-corrected chi connectivity index (χ1v) is 7.38. The van der Waals surface area contributed by atoms with Gasteiger partial charge in [-0.15, -0.1) is 0 Å². The zero-order chi connectivity index (χ0) is 15.3. The lowest BCUT2D eigenvalue weighted by molar-refractivity contribution is -0.148. The molecule has 3 nitrogen and oxygen atoms in total. The highest BCUT2D eigenvalue weighted by Gasteiger charge is 2.35. The molecule has 1 aliphatic rings. The number of rotatable bonds is 6. The maximum absolute atomic E-state index is 12.5. The van der Waals surface area contributed by atoms with Crippen LogP contribution in [-0.4, -0.2) is 48.5 Å². The summed E-state index contributed by atoms with van der Waals surface area (Å²) in [6.07, 6.45) is -1.40. The number of nitrogens with zero attached hydrogens (tertiary/aromatic N) is 1. The molecule has 6 heteroatoms. The van der Waals surface area contributed by atoms with Crippen LogP contribution in [0.2, 0.25) is 0 Å². The Morgan fingerprint density at radius 3 is 2.45 bits per heavy atom. The van der Waals surface area contributed by atoms with Gasteiger partial charge >= 0.3 is 6.18 Å². The van der Waals surface area contributed by atoms with Gasteiger partial charge in [0.1, 0.15) is 0 Å². The number of nitrogens with two attached hydrogens (primary N) is 1. The third kappa shape index (κ3) is 5.97. The van der Waals surface area contributed by atoms with Crippen LogP contribution < -0.4 is 5.73 Å². The summed E-state index contributed by atoms with van der Waals surface area (Å²) in [6.45, 7) is 3.45. The SMILES string of the molecule is CC(C)C1CCC(N)C(CN(CCO)CC(F)(F)F)C1. The molecule has 1 fully saturated rings. The molecule has 20 heavy (non-hydrogen) atoms. The molecular formula is C14H27F3N2O. The predicted molar refractivity (Wildman–Crippen MR) is 73.2 cm³/mol. The minimum absolute atomic E-state index is 0.0283. The van der Waals surface area contributed by atoms with E-state index < -0.39 is 12.7 Å². The third-order valence-electron chi connectivity index (χ3n) is 4.34. The molecule has 1 aliphatic carbocycles. The normalized spacial score (nSPS) is 28.4. The lowest BCUT2D eigenvalue weighted by Crippen LogP contribution is -2.46. The molecule has 0 heterocycles. The topological polar surface area (TPSA) is 49.5 Å². The van der Waals surface area contributed by atoms with Gasteiger partial charge in [-0.1, -0.05) is 13.8 Å². The molecule has 0 aromatic carbocycles. The Labute approximate surface area is 119 Å². The highest BCUT2D eigenvalue weighted by Crippen LogP contribution is 2.33. The highest BCUT2D eigenvalue weighted by atomic mass is 19.4. The van der Waals surface area contributed by atoms with Crippen LogP contribution in [0, 0.1) is 17.8 Å². The van der Waals surface area contributed by atoms with Crippen molar-refractivity contribution in [1.29, 1.82) is 0 Å². The first-order chi connectivity index (χ1) is 9.23. The minimum Gasteiger partial charge on any atom is -0.395 e. The average molecular weight is 296 g/mol. The van der Waals surface area contributed by atoms with Gasteiger partial charge in [-0.2, -0.15) is 13.2 Å². The number of halogens is 3. The van der Waals surface area contributed by atoms with Gasteiger partial charge in [-0.25, -0.2) is 0 Å². The van der Waals surface area contributed by atoms with Crippen LogP contribution in [0.15, 0.2) is 0 Å². The Balaban J connectivity index is 2.60. The van der Waals surface area contributed by atoms with Gasteiger partial charge in [0, 0.05) is 19.1 Å². The number of aliphatic hydroxyl groups excluding tert-OH is 1. The summed E-state index contributed by atoms with van der Waals surface area (Å²) in [5, 5.41) is 8.93. The second kappa shape index (κ2) is 7.61. The number of hydrogen-bond donors (Lipinski definition) is 2. The lowest BCUT2D eigenvalue weighted by Gasteiger charge is -2.38. The molecule has 0 aromatic rings. The van der Waals surface area contributed by atoms with E-state index >= 15 is 0 Å². The summed E-state index contributed by atoms with van der Waals surface area (Å²) < 4.78 is 37.6. The molecule has 3 atom stereocenters. The largest absolute Gasteiger partial charge is 0.401 e. The fourth-order valence-corrected chi connectivity index (χ4v) is 3.10. The molecule has 0 radical (unpaired) electrons. The van der Waals surface area contributed by atoms with E-state index in [0.717, 1.165) is 19.3 Å². The molecule has 1 rings (SSSR count). The second-order valence-corrected chi connectivity index (χ2v) is 6.31. The zero-order valence-electron chi connectivity index (χ0n) is 12.4. The van der Waals surface area contributed by atoms with E-state index in [2.05, 4.69) is 13.8 Å². The van der Waals surface area contributed by atoms with Crippen molar-refractivity contribution in [3.05, 3.63) is 0 Å². The summed E-state index contributed by atoms with van der Waals surface area (Å²) in [6, 6.07) is -0.0283. The first kappa shape index (κ1) is 17.7. The third-order valence-corrected chi connectivity index (χ3v) is 4.34. The van der Waals surface area contributed by atoms with E-state index in [1.807, 2.05) is 0 Å². The molecule has 0 amide bonds. The highest BCUT2D eigenvalue weighted by molar-refractivity contribution is 4.86. The minimum atomic E-state index is -4.23. The molecule has 0 aliphatic heterocycles. The van der Waals surface area contributed by atoms with Crippen molar-refractivity contribution in [1.82, 2.24) is 4.90 Å². The second-order valence-electron chi connectivity index (χ2n) is 6.31. The molecule has 0 spiro atoms. The maximum Gasteiger partial charge on any atom is 0.401 e. The Bertz CT molecular complexity index is 284. The summed E-state index contributed by atoms with van der Waals surface area (Å²) in [7, 11) is 0. The molecule has 3 unspecified atom stereocenters. The number of hydrogen-bond acceptors (Lipinski definition) is 3. The van der Waals surface area contributed by atoms with Gasteiger partial charge in [-0.3, -0.25) is 4.90 Å². The lowest BCUT2D eigenvalue weighted by atomic mass is 9.73. The monoisotopic (exact) mass is 296 g/mol. The number of aliphatic hydroxyl groups is 1. The molecule has 0 aromatic heterocycles. The summed E-state index contributed by atoms with van der Waals surface area (Å²) >= 11 is 0. The van der Waals surface area contributed by atoms with Gasteiger partial charge < -0.3 is 10.8 Å². The van der Waals surface area contributed by atoms with Crippen molar-refractivity contribution >= 4 is 0 Å². The summed E-state index contributed by atoms with van der Waals surface area (Å²) in [4.78, 5) is 1.28. The van der Waals surface area contributed by atoms with E-state index in [-0.39, 0.29) is 25.1 Å². The van der Waals surface area contributed by atoms with E-state index in [1.54, 1.807) is 0 Å². The smallest absolute Gasteiger partial charge is 0.395 e. The van der Waals surface area contributed by atoms with Gasteiger partial charge in [0.05, 0.1) is 13.2 Å². The van der Waals surface area contributed by atoms with Crippen molar-refractivity contribution in [2.45, 2.75) is 45.3 Å². The van der Waals surface area contributed by atoms with Crippen molar-refractivity contribution in [2.75, 3.05) is 26.2 Å². The van der Waals surface area contributed by atoms with Crippen molar-refractivity contribution in [2.24, 2.45) is 23.5 Å². The van der Waals surface area contributed by atoms with Crippen LogP contribution >= 0.6 is 0 Å². The van der Waals surface area contributed by atoms with Crippen LogP contribution in [0.25, 0.3) is 0 Å². The molecule has 0 saturated heterocycles. The summed E-state index contributed by atoms with van der Waals surface area (Å²) in [5.41, 5.74) is 6.08. The van der Waals surface area contributed by atoms with Crippen LogP contribution in [0.3, 0.4) is 0 Å². The molecule has 1 saturated carbocycles. The van der Waals surface area contributed by atoms with Gasteiger partial charge in [0.15, 0.2) is 0 Å². The van der Waals surface area contributed by atoms with Crippen molar-refractivity contribution < 1.29 is 18.3 Å². The molecule has 3 N–H and O–H groups in total. The van der Waals surface area contributed by atoms with Gasteiger partial charge in [0.25, 0.3) is 0 Å². The Hall–Kier alpha value is -0.330. The quantitative estimate of drug-likeness (QED) is 0.790. The fraction of sp³-hybridized carbons (Fsp3) is 1.00. The zero-order valence-corrected chi connectivity index (χ0v) is 12.4. The standard InChI is InChI=1S/C14H27F3N2O/c1-10(2)11-3-4-13(18)12(7-11)8-19(5-6-20)9-14(15,16)17/h10-13,20H,3-9,18H2,1-2H3. The average Bonchev–Trinajstić information content (AvgIpc) is 2.29. The van der Waals surface area contributed by atoms with Crippen LogP contribution in [0.4, 0.5) is 13.2 Å². The van der Waals surface area contributed by atoms with Crippen LogP contribution in [0.1, 0.15) is 33.1 Å². The molecule has 0 bridgehead atoms. The molecule has 120 valence electrons. The van der Waals surface area contributed by atoms with Gasteiger partial charge in [0.2, 0.25) is 0 Å².